The second-order valence-corrected chi connectivity index (χ2v) is 4.59. The Bertz CT molecular complexity index is 341. The molecular formula is C5H5N2Na2O4PS. The van der Waals surface area contributed by atoms with E-state index >= 15 is 0 Å². The SMILES string of the molecule is O=C(CP(=O)([O-])[O-])Nc1nccs1.[Na+].[Na+]. The minimum atomic E-state index is -4.78. The van der Waals surface area contributed by atoms with Crippen LogP contribution in [0.4, 0.5) is 5.13 Å². The van der Waals surface area contributed by atoms with Gasteiger partial charge in [0.25, 0.3) is 0 Å². The van der Waals surface area contributed by atoms with Crippen LogP contribution in [0.5, 0.6) is 0 Å². The zero-order valence-electron chi connectivity index (χ0n) is 8.30. The molecule has 6 nitrogen and oxygen atoms in total. The molecule has 1 amide bonds. The van der Waals surface area contributed by atoms with Crippen molar-refractivity contribution in [3.63, 3.8) is 0 Å². The minimum Gasteiger partial charge on any atom is -0.810 e. The Balaban J connectivity index is 0. The Kier molecular flexibility index (Phi) is 10.4. The predicted octanol–water partition coefficient (Wildman–Crippen LogP) is -7.00. The molecule has 0 unspecified atom stereocenters. The Morgan fingerprint density at radius 2 is 2.13 bits per heavy atom. The Hall–Kier alpha value is 1.25. The maximum absolute atomic E-state index is 10.8. The first kappa shape index (κ1) is 18.6. The number of nitrogens with zero attached hydrogens (tertiary/aromatic N) is 1. The molecule has 72 valence electrons. The zero-order valence-corrected chi connectivity index (χ0v) is 14.0. The van der Waals surface area contributed by atoms with Gasteiger partial charge < -0.3 is 19.7 Å². The van der Waals surface area contributed by atoms with E-state index in [9.17, 15) is 19.1 Å². The van der Waals surface area contributed by atoms with E-state index in [-0.39, 0.29) is 64.2 Å². The molecular weight excluding hydrogens is 261 g/mol. The van der Waals surface area contributed by atoms with Gasteiger partial charge >= 0.3 is 59.1 Å². The molecule has 1 rings (SSSR count). The fourth-order valence-electron chi connectivity index (χ4n) is 0.620. The number of hydrogen-bond donors (Lipinski definition) is 1. The van der Waals surface area contributed by atoms with Gasteiger partial charge in [-0.25, -0.2) is 4.98 Å². The second kappa shape index (κ2) is 8.36. The van der Waals surface area contributed by atoms with Crippen molar-refractivity contribution in [1.82, 2.24) is 4.98 Å². The van der Waals surface area contributed by atoms with E-state index in [1.165, 1.54) is 6.20 Å². The monoisotopic (exact) mass is 266 g/mol. The zero-order chi connectivity index (χ0) is 9.90. The van der Waals surface area contributed by atoms with E-state index in [4.69, 9.17) is 0 Å². The molecule has 0 spiro atoms. The van der Waals surface area contributed by atoms with Crippen LogP contribution in [0.15, 0.2) is 11.6 Å². The molecule has 0 atom stereocenters. The molecule has 0 aromatic carbocycles. The third kappa shape index (κ3) is 9.00. The molecule has 10 heteroatoms. The van der Waals surface area contributed by atoms with Crippen LogP contribution >= 0.6 is 18.9 Å². The maximum atomic E-state index is 10.8. The average molecular weight is 266 g/mol. The molecule has 0 radical (unpaired) electrons. The number of amides is 1. The summed E-state index contributed by atoms with van der Waals surface area (Å²) in [5.41, 5.74) is 0. The standard InChI is InChI=1S/C5H7N2O4PS.2Na/c8-4(3-12(9,10)11)7-5-6-1-2-13-5;;/h1-2H,3H2,(H,6,7,8)(H2,9,10,11);;/q;2*+1/p-2. The van der Waals surface area contributed by atoms with E-state index in [2.05, 4.69) is 10.3 Å². The topological polar surface area (TPSA) is 105 Å². The molecule has 1 heterocycles. The van der Waals surface area contributed by atoms with Crippen molar-refractivity contribution in [3.05, 3.63) is 11.6 Å². The average Bonchev–Trinajstić information content (AvgIpc) is 2.34. The van der Waals surface area contributed by atoms with E-state index in [0.29, 0.717) is 0 Å². The van der Waals surface area contributed by atoms with Gasteiger partial charge in [0.1, 0.15) is 0 Å². The molecule has 0 aliphatic carbocycles. The van der Waals surface area contributed by atoms with Crippen LogP contribution < -0.4 is 74.2 Å². The summed E-state index contributed by atoms with van der Waals surface area (Å²) in [6.07, 6.45) is 0.418. The van der Waals surface area contributed by atoms with Crippen LogP contribution in [0, 0.1) is 0 Å². The van der Waals surface area contributed by atoms with E-state index in [0.717, 1.165) is 11.3 Å². The molecule has 0 bridgehead atoms. The fraction of sp³-hybridized carbons (Fsp3) is 0.200. The van der Waals surface area contributed by atoms with Gasteiger partial charge in [-0.1, -0.05) is 7.60 Å². The third-order valence-electron chi connectivity index (χ3n) is 1.02. The first-order valence-corrected chi connectivity index (χ1v) is 5.78. The molecule has 1 N–H and O–H groups in total. The van der Waals surface area contributed by atoms with Gasteiger partial charge in [-0.3, -0.25) is 4.79 Å². The van der Waals surface area contributed by atoms with Gasteiger partial charge in [0, 0.05) is 11.6 Å². The summed E-state index contributed by atoms with van der Waals surface area (Å²) in [5.74, 6) is -0.858. The number of thiazole rings is 1. The molecule has 0 aliphatic rings. The number of hydrogen-bond acceptors (Lipinski definition) is 6. The fourth-order valence-corrected chi connectivity index (χ4v) is 1.60. The number of aromatic nitrogens is 1. The number of rotatable bonds is 3. The summed E-state index contributed by atoms with van der Waals surface area (Å²) in [6.45, 7) is 0. The second-order valence-electron chi connectivity index (χ2n) is 2.15. The van der Waals surface area contributed by atoms with Crippen molar-refractivity contribution < 1.29 is 78.3 Å². The quantitative estimate of drug-likeness (QED) is 0.432. The van der Waals surface area contributed by atoms with Crippen LogP contribution in [0.25, 0.3) is 0 Å². The molecule has 15 heavy (non-hydrogen) atoms. The van der Waals surface area contributed by atoms with Crippen molar-refractivity contribution in [3.8, 4) is 0 Å². The number of anilines is 1. The smallest absolute Gasteiger partial charge is 0.810 e. The molecule has 1 aromatic heterocycles. The summed E-state index contributed by atoms with van der Waals surface area (Å²) in [6, 6.07) is 0. The normalized spacial score (nSPS) is 9.73. The van der Waals surface area contributed by atoms with Crippen LogP contribution in [-0.2, 0) is 9.36 Å². The van der Waals surface area contributed by atoms with Gasteiger partial charge in [0.15, 0.2) is 5.13 Å². The Morgan fingerprint density at radius 3 is 2.53 bits per heavy atom. The van der Waals surface area contributed by atoms with Gasteiger partial charge in [0.05, 0.1) is 6.16 Å². The molecule has 0 fully saturated rings. The molecule has 0 saturated heterocycles. The molecule has 1 aromatic rings. The van der Waals surface area contributed by atoms with Crippen molar-refractivity contribution >= 4 is 30.0 Å². The van der Waals surface area contributed by atoms with E-state index in [1.807, 2.05) is 0 Å². The summed E-state index contributed by atoms with van der Waals surface area (Å²) in [5, 5.41) is 4.07. The van der Waals surface area contributed by atoms with Gasteiger partial charge in [-0.15, -0.1) is 11.3 Å². The van der Waals surface area contributed by atoms with E-state index < -0.39 is 19.7 Å². The Labute approximate surface area is 135 Å². The van der Waals surface area contributed by atoms with Crippen LogP contribution in [0.1, 0.15) is 0 Å². The first-order valence-electron chi connectivity index (χ1n) is 3.18. The predicted molar refractivity (Wildman–Crippen MR) is 43.2 cm³/mol. The summed E-state index contributed by atoms with van der Waals surface area (Å²) in [7, 11) is -4.78. The van der Waals surface area contributed by atoms with Gasteiger partial charge in [-0.05, 0) is 0 Å². The largest absolute Gasteiger partial charge is 1.00 e. The van der Waals surface area contributed by atoms with Crippen molar-refractivity contribution in [2.75, 3.05) is 11.5 Å². The molecule has 0 saturated carbocycles. The number of carbonyl (C=O) groups is 1. The van der Waals surface area contributed by atoms with Crippen molar-refractivity contribution in [2.24, 2.45) is 0 Å². The van der Waals surface area contributed by atoms with Crippen LogP contribution in [-0.4, -0.2) is 17.1 Å². The summed E-state index contributed by atoms with van der Waals surface area (Å²) >= 11 is 1.14. The number of nitrogens with one attached hydrogen (secondary N) is 1. The van der Waals surface area contributed by atoms with Crippen molar-refractivity contribution in [1.29, 1.82) is 0 Å². The number of carbonyl (C=O) groups excluding carboxylic acids is 1. The van der Waals surface area contributed by atoms with Gasteiger partial charge in [-0.2, -0.15) is 0 Å². The summed E-state index contributed by atoms with van der Waals surface area (Å²) in [4.78, 5) is 34.8. The van der Waals surface area contributed by atoms with E-state index in [1.54, 1.807) is 5.38 Å². The van der Waals surface area contributed by atoms with Crippen LogP contribution in [0.3, 0.4) is 0 Å². The summed E-state index contributed by atoms with van der Waals surface area (Å²) < 4.78 is 10.2. The van der Waals surface area contributed by atoms with Crippen molar-refractivity contribution in [2.45, 2.75) is 0 Å². The minimum absolute atomic E-state index is 0. The molecule has 0 aliphatic heterocycles. The first-order chi connectivity index (χ1) is 5.97. The van der Waals surface area contributed by atoms with Gasteiger partial charge in [0.2, 0.25) is 5.91 Å². The third-order valence-corrected chi connectivity index (χ3v) is 2.38. The Morgan fingerprint density at radius 1 is 1.53 bits per heavy atom. The maximum Gasteiger partial charge on any atom is 1.00 e. The van der Waals surface area contributed by atoms with Crippen LogP contribution in [0.2, 0.25) is 0 Å².